The van der Waals surface area contributed by atoms with E-state index in [0.717, 1.165) is 16.8 Å². The third-order valence-corrected chi connectivity index (χ3v) is 9.22. The van der Waals surface area contributed by atoms with E-state index in [-0.39, 0.29) is 0 Å². The van der Waals surface area contributed by atoms with E-state index in [1.54, 1.807) is 7.11 Å². The summed E-state index contributed by atoms with van der Waals surface area (Å²) in [6.45, 7) is 24.5. The van der Waals surface area contributed by atoms with Gasteiger partial charge in [0.15, 0.2) is 0 Å². The van der Waals surface area contributed by atoms with Crippen LogP contribution in [-0.2, 0) is 27.9 Å². The average molecular weight is 512 g/mol. The smallest absolute Gasteiger partial charge is 0.494 e. The zero-order chi connectivity index (χ0) is 27.8. The number of hydrogen-bond acceptors (Lipinski definition) is 7. The van der Waals surface area contributed by atoms with E-state index in [1.165, 1.54) is 0 Å². The fourth-order valence-corrected chi connectivity index (χ4v) is 4.48. The molecule has 1 aromatic carbocycles. The van der Waals surface area contributed by atoms with Crippen molar-refractivity contribution in [3.8, 4) is 5.75 Å². The summed E-state index contributed by atoms with van der Waals surface area (Å²) >= 11 is 0. The molecule has 3 fully saturated rings. The second kappa shape index (κ2) is 8.87. The Morgan fingerprint density at radius 2 is 0.811 bits per heavy atom. The topological polar surface area (TPSA) is 64.6 Å². The van der Waals surface area contributed by atoms with Crippen molar-refractivity contribution in [1.82, 2.24) is 0 Å². The van der Waals surface area contributed by atoms with Gasteiger partial charge in [-0.05, 0) is 112 Å². The predicted molar refractivity (Wildman–Crippen MR) is 148 cm³/mol. The molecule has 3 aliphatic rings. The van der Waals surface area contributed by atoms with Gasteiger partial charge in [-0.1, -0.05) is 12.1 Å². The first-order valence-corrected chi connectivity index (χ1v) is 13.2. The molecule has 0 unspecified atom stereocenters. The van der Waals surface area contributed by atoms with E-state index in [1.807, 2.05) is 107 Å². The van der Waals surface area contributed by atoms with Crippen molar-refractivity contribution in [2.75, 3.05) is 7.11 Å². The highest BCUT2D eigenvalue weighted by Gasteiger charge is 2.62. The lowest BCUT2D eigenvalue weighted by Crippen LogP contribution is -2.41. The lowest BCUT2D eigenvalue weighted by molar-refractivity contribution is 0.00578. The molecule has 3 saturated heterocycles. The van der Waals surface area contributed by atoms with Crippen molar-refractivity contribution < 1.29 is 32.7 Å². The maximum Gasteiger partial charge on any atom is 0.494 e. The zero-order valence-corrected chi connectivity index (χ0v) is 24.9. The molecule has 202 valence electrons. The van der Waals surface area contributed by atoms with Gasteiger partial charge in [0.2, 0.25) is 0 Å². The van der Waals surface area contributed by atoms with Gasteiger partial charge < -0.3 is 32.7 Å². The van der Waals surface area contributed by atoms with Gasteiger partial charge in [-0.2, -0.15) is 0 Å². The second-order valence-corrected chi connectivity index (χ2v) is 13.4. The minimum atomic E-state index is -0.740. The van der Waals surface area contributed by atoms with Crippen LogP contribution >= 0.6 is 0 Å². The van der Waals surface area contributed by atoms with Gasteiger partial charge in [-0.15, -0.1) is 0 Å². The Kier molecular flexibility index (Phi) is 6.88. The molecule has 3 aliphatic heterocycles. The van der Waals surface area contributed by atoms with Crippen LogP contribution < -0.4 is 4.74 Å². The number of benzene rings is 1. The Balaban J connectivity index is 1.96. The van der Waals surface area contributed by atoms with E-state index < -0.39 is 55.0 Å². The summed E-state index contributed by atoms with van der Waals surface area (Å²) in [4.78, 5) is 0. The monoisotopic (exact) mass is 512 g/mol. The Morgan fingerprint density at radius 3 is 1.11 bits per heavy atom. The van der Waals surface area contributed by atoms with Crippen molar-refractivity contribution in [2.45, 2.75) is 117 Å². The molecule has 0 saturated carbocycles. The van der Waals surface area contributed by atoms with Gasteiger partial charge in [-0.25, -0.2) is 0 Å². The minimum Gasteiger partial charge on any atom is -0.497 e. The lowest BCUT2D eigenvalue weighted by atomic mass is 9.49. The fraction of sp³-hybridized carbons (Fsp3) is 0.704. The first-order valence-electron chi connectivity index (χ1n) is 13.2. The van der Waals surface area contributed by atoms with Crippen LogP contribution in [0.15, 0.2) is 29.6 Å². The van der Waals surface area contributed by atoms with Crippen LogP contribution in [0, 0.1) is 0 Å². The average Bonchev–Trinajstić information content (AvgIpc) is 3.19. The molecule has 0 aliphatic carbocycles. The molecule has 0 N–H and O–H groups in total. The summed E-state index contributed by atoms with van der Waals surface area (Å²) in [5.74, 6) is 0.754. The van der Waals surface area contributed by atoms with Crippen LogP contribution in [0.25, 0.3) is 5.47 Å². The Bertz CT molecular complexity index is 974. The van der Waals surface area contributed by atoms with E-state index in [0.29, 0.717) is 5.37 Å². The quantitative estimate of drug-likeness (QED) is 0.494. The summed E-state index contributed by atoms with van der Waals surface area (Å²) < 4.78 is 45.1. The maximum atomic E-state index is 6.61. The summed E-state index contributed by atoms with van der Waals surface area (Å²) in [7, 11) is -0.529. The van der Waals surface area contributed by atoms with Gasteiger partial charge in [-0.3, -0.25) is 0 Å². The predicted octanol–water partition coefficient (Wildman–Crippen LogP) is 5.34. The molecule has 3 heterocycles. The highest BCUT2D eigenvalue weighted by atomic mass is 16.7. The fourth-order valence-electron chi connectivity index (χ4n) is 4.48. The molecule has 0 spiro atoms. The van der Waals surface area contributed by atoms with Gasteiger partial charge in [0, 0.05) is 0 Å². The standard InChI is InChI=1S/C27H43B3O7/c1-22(2)23(3,4)33-28(32-22)20(18-14-16-19(31-13)17-15-18)21(29-34-24(5,6)25(7,8)35-29)30-36-26(9,10)27(11,12)37-30/h14-17H,1-13H3. The number of rotatable bonds is 5. The molecule has 0 amide bonds. The van der Waals surface area contributed by atoms with Crippen molar-refractivity contribution in [3.63, 3.8) is 0 Å². The number of methoxy groups -OCH3 is 1. The second-order valence-electron chi connectivity index (χ2n) is 13.4. The highest BCUT2D eigenvalue weighted by molar-refractivity contribution is 6.86. The molecular weight excluding hydrogens is 469 g/mol. The molecule has 0 aromatic heterocycles. The summed E-state index contributed by atoms with van der Waals surface area (Å²) in [6, 6.07) is 7.84. The Hall–Kier alpha value is -1.29. The summed E-state index contributed by atoms with van der Waals surface area (Å²) in [5.41, 5.74) is -1.68. The third-order valence-electron chi connectivity index (χ3n) is 9.22. The molecule has 37 heavy (non-hydrogen) atoms. The number of hydrogen-bond donors (Lipinski definition) is 0. The van der Waals surface area contributed by atoms with Crippen LogP contribution in [0.2, 0.25) is 0 Å². The van der Waals surface area contributed by atoms with E-state index in [9.17, 15) is 0 Å². The first-order chi connectivity index (χ1) is 16.7. The lowest BCUT2D eigenvalue weighted by Gasteiger charge is -2.32. The Labute approximate surface area is 224 Å². The SMILES string of the molecule is COc1ccc(C(B2OC(C)(C)C(C)(C)O2)=C(B2OC(C)(C)C(C)(C)O2)B2OC(C)(C)C(C)(C)O2)cc1. The van der Waals surface area contributed by atoms with Crippen molar-refractivity contribution in [1.29, 1.82) is 0 Å². The zero-order valence-electron chi connectivity index (χ0n) is 24.9. The molecule has 10 heteroatoms. The van der Waals surface area contributed by atoms with E-state index >= 15 is 0 Å². The van der Waals surface area contributed by atoms with E-state index in [4.69, 9.17) is 32.7 Å². The largest absolute Gasteiger partial charge is 0.497 e. The molecule has 7 nitrogen and oxygen atoms in total. The van der Waals surface area contributed by atoms with Crippen LogP contribution in [0.3, 0.4) is 0 Å². The normalized spacial score (nSPS) is 26.5. The minimum absolute atomic E-state index is 0.549. The molecule has 0 radical (unpaired) electrons. The van der Waals surface area contributed by atoms with Crippen molar-refractivity contribution >= 4 is 26.8 Å². The molecule has 0 atom stereocenters. The summed E-state index contributed by atoms with van der Waals surface area (Å²) in [6.07, 6.45) is 0. The molecule has 0 bridgehead atoms. The number of ether oxygens (including phenoxy) is 1. The van der Waals surface area contributed by atoms with Crippen LogP contribution in [0.1, 0.15) is 88.6 Å². The highest BCUT2D eigenvalue weighted by Crippen LogP contribution is 2.48. The Morgan fingerprint density at radius 1 is 0.514 bits per heavy atom. The van der Waals surface area contributed by atoms with Gasteiger partial charge >= 0.3 is 21.4 Å². The first kappa shape index (κ1) is 28.7. The van der Waals surface area contributed by atoms with Crippen LogP contribution in [0.5, 0.6) is 5.75 Å². The van der Waals surface area contributed by atoms with Crippen LogP contribution in [0.4, 0.5) is 0 Å². The maximum absolute atomic E-state index is 6.61. The molecule has 4 rings (SSSR count). The third kappa shape index (κ3) is 4.83. The van der Waals surface area contributed by atoms with Crippen LogP contribution in [-0.4, -0.2) is 62.1 Å². The van der Waals surface area contributed by atoms with E-state index in [2.05, 4.69) is 0 Å². The molecular formula is C27H43B3O7. The van der Waals surface area contributed by atoms with Crippen molar-refractivity contribution in [3.05, 3.63) is 35.2 Å². The van der Waals surface area contributed by atoms with Gasteiger partial charge in [0.05, 0.1) is 40.7 Å². The van der Waals surface area contributed by atoms with Crippen molar-refractivity contribution in [2.24, 2.45) is 0 Å². The molecule has 1 aromatic rings. The summed E-state index contributed by atoms with van der Waals surface area (Å²) in [5, 5.41) is 0.709. The van der Waals surface area contributed by atoms with Gasteiger partial charge in [0.25, 0.3) is 0 Å². The van der Waals surface area contributed by atoms with Gasteiger partial charge in [0.1, 0.15) is 5.75 Å².